The van der Waals surface area contributed by atoms with Crippen LogP contribution in [0.5, 0.6) is 5.75 Å². The van der Waals surface area contributed by atoms with Crippen molar-refractivity contribution < 1.29 is 9.84 Å². The van der Waals surface area contributed by atoms with Gasteiger partial charge in [0.1, 0.15) is 5.75 Å². The molecule has 3 N–H and O–H groups in total. The van der Waals surface area contributed by atoms with Gasteiger partial charge in [0.15, 0.2) is 0 Å². The van der Waals surface area contributed by atoms with Gasteiger partial charge in [-0.05, 0) is 24.1 Å². The quantitative estimate of drug-likeness (QED) is 0.748. The second-order valence-electron chi connectivity index (χ2n) is 3.17. The SMILES string of the molecule is CCCOc1cccc([C@H](O)CN)c1. The summed E-state index contributed by atoms with van der Waals surface area (Å²) in [5.74, 6) is 0.789. The van der Waals surface area contributed by atoms with Crippen molar-refractivity contribution in [3.8, 4) is 5.75 Å². The maximum absolute atomic E-state index is 9.50. The van der Waals surface area contributed by atoms with Crippen LogP contribution in [-0.4, -0.2) is 18.3 Å². The van der Waals surface area contributed by atoms with Crippen molar-refractivity contribution in [1.29, 1.82) is 0 Å². The molecule has 0 amide bonds. The van der Waals surface area contributed by atoms with Crippen LogP contribution in [0.15, 0.2) is 24.3 Å². The number of ether oxygens (including phenoxy) is 1. The summed E-state index contributed by atoms with van der Waals surface area (Å²) in [6.45, 7) is 2.98. The zero-order chi connectivity index (χ0) is 10.4. The van der Waals surface area contributed by atoms with E-state index in [0.717, 1.165) is 17.7 Å². The van der Waals surface area contributed by atoms with E-state index in [9.17, 15) is 5.11 Å². The highest BCUT2D eigenvalue weighted by atomic mass is 16.5. The molecule has 14 heavy (non-hydrogen) atoms. The first-order valence-corrected chi connectivity index (χ1v) is 4.88. The number of aliphatic hydroxyl groups is 1. The van der Waals surface area contributed by atoms with Gasteiger partial charge in [0.25, 0.3) is 0 Å². The van der Waals surface area contributed by atoms with Gasteiger partial charge in [-0.1, -0.05) is 19.1 Å². The topological polar surface area (TPSA) is 55.5 Å². The molecule has 0 aliphatic heterocycles. The van der Waals surface area contributed by atoms with Crippen molar-refractivity contribution in [2.24, 2.45) is 5.73 Å². The molecule has 0 saturated heterocycles. The van der Waals surface area contributed by atoms with Crippen molar-refractivity contribution in [3.05, 3.63) is 29.8 Å². The third-order valence-electron chi connectivity index (χ3n) is 1.94. The zero-order valence-electron chi connectivity index (χ0n) is 8.44. The first-order valence-electron chi connectivity index (χ1n) is 4.88. The highest BCUT2D eigenvalue weighted by Gasteiger charge is 2.05. The molecule has 0 aliphatic rings. The Morgan fingerprint density at radius 1 is 1.50 bits per heavy atom. The number of aliphatic hydroxyl groups excluding tert-OH is 1. The van der Waals surface area contributed by atoms with Crippen molar-refractivity contribution in [1.82, 2.24) is 0 Å². The van der Waals surface area contributed by atoms with Gasteiger partial charge in [-0.3, -0.25) is 0 Å². The molecule has 1 atom stereocenters. The molecule has 0 unspecified atom stereocenters. The van der Waals surface area contributed by atoms with Crippen LogP contribution < -0.4 is 10.5 Å². The third kappa shape index (κ3) is 3.01. The summed E-state index contributed by atoms with van der Waals surface area (Å²) in [7, 11) is 0. The molecular weight excluding hydrogens is 178 g/mol. The molecule has 0 fully saturated rings. The van der Waals surface area contributed by atoms with Gasteiger partial charge in [-0.2, -0.15) is 0 Å². The van der Waals surface area contributed by atoms with Crippen molar-refractivity contribution in [2.75, 3.05) is 13.2 Å². The summed E-state index contributed by atoms with van der Waals surface area (Å²) < 4.78 is 5.44. The van der Waals surface area contributed by atoms with Crippen molar-refractivity contribution >= 4 is 0 Å². The minimum absolute atomic E-state index is 0.233. The van der Waals surface area contributed by atoms with Gasteiger partial charge in [-0.15, -0.1) is 0 Å². The van der Waals surface area contributed by atoms with Gasteiger partial charge < -0.3 is 15.6 Å². The lowest BCUT2D eigenvalue weighted by molar-refractivity contribution is 0.186. The lowest BCUT2D eigenvalue weighted by Crippen LogP contribution is -2.11. The van der Waals surface area contributed by atoms with E-state index in [-0.39, 0.29) is 6.54 Å². The Labute approximate surface area is 84.5 Å². The highest BCUT2D eigenvalue weighted by molar-refractivity contribution is 5.29. The van der Waals surface area contributed by atoms with Crippen molar-refractivity contribution in [3.63, 3.8) is 0 Å². The first kappa shape index (κ1) is 11.0. The van der Waals surface area contributed by atoms with Gasteiger partial charge >= 0.3 is 0 Å². The predicted octanol–water partition coefficient (Wildman–Crippen LogP) is 1.47. The third-order valence-corrected chi connectivity index (χ3v) is 1.94. The lowest BCUT2D eigenvalue weighted by Gasteiger charge is -2.10. The summed E-state index contributed by atoms with van der Waals surface area (Å²) in [6, 6.07) is 7.41. The monoisotopic (exact) mass is 195 g/mol. The fraction of sp³-hybridized carbons (Fsp3) is 0.455. The van der Waals surface area contributed by atoms with Gasteiger partial charge in [0, 0.05) is 6.54 Å². The largest absolute Gasteiger partial charge is 0.494 e. The maximum atomic E-state index is 9.50. The number of benzene rings is 1. The molecular formula is C11H17NO2. The molecule has 78 valence electrons. The van der Waals surface area contributed by atoms with Crippen LogP contribution in [0.2, 0.25) is 0 Å². The molecule has 0 heterocycles. The Hall–Kier alpha value is -1.06. The van der Waals surface area contributed by atoms with Crippen LogP contribution in [0, 0.1) is 0 Å². The molecule has 3 heteroatoms. The smallest absolute Gasteiger partial charge is 0.119 e. The van der Waals surface area contributed by atoms with Gasteiger partial charge in [0.2, 0.25) is 0 Å². The number of hydrogen-bond acceptors (Lipinski definition) is 3. The summed E-state index contributed by atoms with van der Waals surface area (Å²) in [4.78, 5) is 0. The molecule has 3 nitrogen and oxygen atoms in total. The Kier molecular flexibility index (Phi) is 4.43. The van der Waals surface area contributed by atoms with E-state index in [4.69, 9.17) is 10.5 Å². The Balaban J connectivity index is 2.68. The van der Waals surface area contributed by atoms with Crippen molar-refractivity contribution in [2.45, 2.75) is 19.4 Å². The lowest BCUT2D eigenvalue weighted by atomic mass is 10.1. The minimum atomic E-state index is -0.597. The van der Waals surface area contributed by atoms with Crippen LogP contribution in [-0.2, 0) is 0 Å². The molecule has 0 aliphatic carbocycles. The first-order chi connectivity index (χ1) is 6.77. The predicted molar refractivity (Wildman–Crippen MR) is 56.2 cm³/mol. The molecule has 0 saturated carbocycles. The van der Waals surface area contributed by atoms with Gasteiger partial charge in [-0.25, -0.2) is 0 Å². The van der Waals surface area contributed by atoms with Gasteiger partial charge in [0.05, 0.1) is 12.7 Å². The van der Waals surface area contributed by atoms with E-state index in [2.05, 4.69) is 6.92 Å². The second kappa shape index (κ2) is 5.62. The van der Waals surface area contributed by atoms with E-state index >= 15 is 0 Å². The average Bonchev–Trinajstić information content (AvgIpc) is 2.25. The number of hydrogen-bond donors (Lipinski definition) is 2. The molecule has 1 aromatic carbocycles. The number of rotatable bonds is 5. The summed E-state index contributed by atoms with van der Waals surface area (Å²) >= 11 is 0. The molecule has 1 aromatic rings. The average molecular weight is 195 g/mol. The van der Waals surface area contributed by atoms with Crippen LogP contribution in [0.3, 0.4) is 0 Å². The van der Waals surface area contributed by atoms with Crippen LogP contribution >= 0.6 is 0 Å². The maximum Gasteiger partial charge on any atom is 0.119 e. The fourth-order valence-corrected chi connectivity index (χ4v) is 1.17. The van der Waals surface area contributed by atoms with Crippen LogP contribution in [0.25, 0.3) is 0 Å². The summed E-state index contributed by atoms with van der Waals surface area (Å²) in [5.41, 5.74) is 6.17. The van der Waals surface area contributed by atoms with E-state index in [1.165, 1.54) is 0 Å². The van der Waals surface area contributed by atoms with E-state index in [0.29, 0.717) is 6.61 Å². The van der Waals surface area contributed by atoms with E-state index < -0.39 is 6.10 Å². The molecule has 0 aromatic heterocycles. The second-order valence-corrected chi connectivity index (χ2v) is 3.17. The molecule has 0 radical (unpaired) electrons. The van der Waals surface area contributed by atoms with E-state index in [1.807, 2.05) is 24.3 Å². The highest BCUT2D eigenvalue weighted by Crippen LogP contribution is 2.18. The Morgan fingerprint density at radius 3 is 2.93 bits per heavy atom. The fourth-order valence-electron chi connectivity index (χ4n) is 1.17. The summed E-state index contributed by atoms with van der Waals surface area (Å²) in [6.07, 6.45) is 0.379. The van der Waals surface area contributed by atoms with Crippen LogP contribution in [0.4, 0.5) is 0 Å². The van der Waals surface area contributed by atoms with E-state index in [1.54, 1.807) is 0 Å². The molecule has 0 spiro atoms. The standard InChI is InChI=1S/C11H17NO2/c1-2-6-14-10-5-3-4-9(7-10)11(13)8-12/h3-5,7,11,13H,2,6,8,12H2,1H3/t11-/m1/s1. The normalized spacial score (nSPS) is 12.5. The molecule has 1 rings (SSSR count). The molecule has 0 bridgehead atoms. The Bertz CT molecular complexity index is 276. The summed E-state index contributed by atoms with van der Waals surface area (Å²) in [5, 5.41) is 9.50. The minimum Gasteiger partial charge on any atom is -0.494 e. The number of nitrogens with two attached hydrogens (primary N) is 1. The zero-order valence-corrected chi connectivity index (χ0v) is 8.44. The Morgan fingerprint density at radius 2 is 2.29 bits per heavy atom. The van der Waals surface area contributed by atoms with Crippen LogP contribution in [0.1, 0.15) is 25.0 Å².